The molecule has 0 saturated heterocycles. The Balaban J connectivity index is 1.32. The Morgan fingerprint density at radius 2 is 1.55 bits per heavy atom. The van der Waals surface area contributed by atoms with Crippen LogP contribution in [0.3, 0.4) is 0 Å². The molecule has 2 aromatic heterocycles. The van der Waals surface area contributed by atoms with Crippen LogP contribution in [0.2, 0.25) is 0 Å². The number of unbranched alkanes of at least 4 members (excludes halogenated alkanes) is 1. The molecule has 0 saturated carbocycles. The standard InChI is InChI=1S/C38H40N6O3/c1-4-5-11-29-22-31(26-47-25-28-12-7-6-8-13-28)35(38(45-2)46-3)34(23-29)37-39-20-21-44(37)24-27-16-18-30(19-17-27)32-14-9-10-15-33(32)36-40-42-43-41-36/h6-10,12-23,38H,4-5,11,24-26H2,1-3H3,(H,40,41,42,43). The first-order valence-electron chi connectivity index (χ1n) is 15.9. The summed E-state index contributed by atoms with van der Waals surface area (Å²) in [6.07, 6.45) is 6.47. The number of benzene rings is 4. The van der Waals surface area contributed by atoms with Gasteiger partial charge in [0.05, 0.1) is 13.2 Å². The van der Waals surface area contributed by atoms with Gasteiger partial charge in [0.2, 0.25) is 0 Å². The Hall–Kier alpha value is -4.96. The molecule has 0 bridgehead atoms. The first-order chi connectivity index (χ1) is 23.2. The maximum absolute atomic E-state index is 6.27. The number of hydrogen-bond donors (Lipinski definition) is 1. The van der Waals surface area contributed by atoms with Crippen LogP contribution in [0.5, 0.6) is 0 Å². The smallest absolute Gasteiger partial charge is 0.184 e. The summed E-state index contributed by atoms with van der Waals surface area (Å²) >= 11 is 0. The molecular formula is C38H40N6O3. The average molecular weight is 629 g/mol. The fourth-order valence-electron chi connectivity index (χ4n) is 5.95. The number of aromatic amines is 1. The molecule has 0 spiro atoms. The maximum Gasteiger partial charge on any atom is 0.184 e. The molecule has 6 rings (SSSR count). The van der Waals surface area contributed by atoms with Crippen molar-refractivity contribution in [1.29, 1.82) is 0 Å². The van der Waals surface area contributed by atoms with Crippen molar-refractivity contribution in [3.05, 3.63) is 131 Å². The number of nitrogens with zero attached hydrogens (tertiary/aromatic N) is 5. The molecule has 0 fully saturated rings. The molecule has 2 heterocycles. The van der Waals surface area contributed by atoms with Gasteiger partial charge in [0.1, 0.15) is 5.82 Å². The summed E-state index contributed by atoms with van der Waals surface area (Å²) in [6.45, 7) is 3.80. The van der Waals surface area contributed by atoms with E-state index in [9.17, 15) is 0 Å². The second kappa shape index (κ2) is 15.6. The van der Waals surface area contributed by atoms with Gasteiger partial charge in [0.25, 0.3) is 0 Å². The lowest BCUT2D eigenvalue weighted by Gasteiger charge is -2.23. The fraction of sp³-hybridized carbons (Fsp3) is 0.263. The highest BCUT2D eigenvalue weighted by atomic mass is 16.7. The van der Waals surface area contributed by atoms with Crippen molar-refractivity contribution in [1.82, 2.24) is 30.2 Å². The number of H-pyrrole nitrogens is 1. The van der Waals surface area contributed by atoms with Gasteiger partial charge in [-0.05, 0) is 62.7 Å². The molecule has 4 aromatic carbocycles. The Morgan fingerprint density at radius 1 is 0.787 bits per heavy atom. The molecule has 1 N–H and O–H groups in total. The lowest BCUT2D eigenvalue weighted by Crippen LogP contribution is -2.13. The van der Waals surface area contributed by atoms with Gasteiger partial charge in [-0.25, -0.2) is 10.1 Å². The van der Waals surface area contributed by atoms with Crippen molar-refractivity contribution >= 4 is 0 Å². The number of imidazole rings is 1. The zero-order chi connectivity index (χ0) is 32.4. The highest BCUT2D eigenvalue weighted by Crippen LogP contribution is 2.36. The molecule has 0 aliphatic carbocycles. The molecule has 0 radical (unpaired) electrons. The molecular weight excluding hydrogens is 588 g/mol. The van der Waals surface area contributed by atoms with E-state index >= 15 is 0 Å². The average Bonchev–Trinajstić information content (AvgIpc) is 3.82. The number of aryl methyl sites for hydroxylation is 1. The van der Waals surface area contributed by atoms with Crippen molar-refractivity contribution in [2.45, 2.75) is 52.2 Å². The van der Waals surface area contributed by atoms with E-state index in [1.807, 2.05) is 48.8 Å². The lowest BCUT2D eigenvalue weighted by atomic mass is 9.94. The molecule has 9 heteroatoms. The molecule has 0 atom stereocenters. The van der Waals surface area contributed by atoms with Gasteiger partial charge in [-0.15, -0.1) is 5.10 Å². The molecule has 47 heavy (non-hydrogen) atoms. The summed E-state index contributed by atoms with van der Waals surface area (Å²) in [7, 11) is 3.34. The van der Waals surface area contributed by atoms with Crippen LogP contribution in [-0.4, -0.2) is 44.4 Å². The van der Waals surface area contributed by atoms with E-state index in [0.717, 1.165) is 69.6 Å². The SMILES string of the molecule is CCCCc1cc(COCc2ccccc2)c(C(OC)OC)c(-c2nccn2Cc2ccc(-c3ccccc3-c3nnn[nH]3)cc2)c1. The van der Waals surface area contributed by atoms with E-state index in [-0.39, 0.29) is 0 Å². The van der Waals surface area contributed by atoms with E-state index in [2.05, 4.69) is 86.7 Å². The number of methoxy groups -OCH3 is 2. The predicted molar refractivity (Wildman–Crippen MR) is 182 cm³/mol. The Morgan fingerprint density at radius 3 is 2.28 bits per heavy atom. The third-order valence-electron chi connectivity index (χ3n) is 8.28. The summed E-state index contributed by atoms with van der Waals surface area (Å²) in [4.78, 5) is 4.88. The normalized spacial score (nSPS) is 11.4. The molecule has 0 amide bonds. The fourth-order valence-corrected chi connectivity index (χ4v) is 5.95. The van der Waals surface area contributed by atoms with Crippen LogP contribution in [0.25, 0.3) is 33.9 Å². The minimum atomic E-state index is -0.579. The van der Waals surface area contributed by atoms with Crippen LogP contribution in [0.15, 0.2) is 103 Å². The van der Waals surface area contributed by atoms with Crippen LogP contribution in [-0.2, 0) is 40.4 Å². The summed E-state index contributed by atoms with van der Waals surface area (Å²) < 4.78 is 20.2. The van der Waals surface area contributed by atoms with Crippen LogP contribution in [0.1, 0.15) is 53.9 Å². The van der Waals surface area contributed by atoms with Crippen LogP contribution in [0, 0.1) is 0 Å². The van der Waals surface area contributed by atoms with Crippen molar-refractivity contribution in [2.24, 2.45) is 0 Å². The molecule has 0 aliphatic heterocycles. The largest absolute Gasteiger partial charge is 0.372 e. The molecule has 240 valence electrons. The summed E-state index contributed by atoms with van der Waals surface area (Å²) in [5, 5.41) is 14.5. The molecule has 9 nitrogen and oxygen atoms in total. The quantitative estimate of drug-likeness (QED) is 0.116. The third-order valence-corrected chi connectivity index (χ3v) is 8.28. The van der Waals surface area contributed by atoms with E-state index in [1.54, 1.807) is 14.2 Å². The van der Waals surface area contributed by atoms with Gasteiger partial charge in [-0.1, -0.05) is 98.3 Å². The maximum atomic E-state index is 6.27. The van der Waals surface area contributed by atoms with Crippen molar-refractivity contribution < 1.29 is 14.2 Å². The summed E-state index contributed by atoms with van der Waals surface area (Å²) in [5.74, 6) is 1.49. The number of nitrogens with one attached hydrogen (secondary N) is 1. The third kappa shape index (κ3) is 7.55. The number of ether oxygens (including phenoxy) is 3. The van der Waals surface area contributed by atoms with Gasteiger partial charge in [0.15, 0.2) is 12.1 Å². The number of aromatic nitrogens is 6. The molecule has 0 aliphatic rings. The Kier molecular flexibility index (Phi) is 10.6. The van der Waals surface area contributed by atoms with Gasteiger partial charge in [0, 0.05) is 49.8 Å². The first kappa shape index (κ1) is 32.0. The van der Waals surface area contributed by atoms with E-state index in [1.165, 1.54) is 5.56 Å². The van der Waals surface area contributed by atoms with Crippen LogP contribution in [0.4, 0.5) is 0 Å². The van der Waals surface area contributed by atoms with Crippen LogP contribution < -0.4 is 0 Å². The summed E-state index contributed by atoms with van der Waals surface area (Å²) in [5.41, 5.74) is 9.58. The monoisotopic (exact) mass is 628 g/mol. The van der Waals surface area contributed by atoms with E-state index in [4.69, 9.17) is 19.2 Å². The number of hydrogen-bond acceptors (Lipinski definition) is 7. The van der Waals surface area contributed by atoms with Gasteiger partial charge in [-0.3, -0.25) is 0 Å². The molecule has 6 aromatic rings. The Bertz CT molecular complexity index is 1850. The zero-order valence-electron chi connectivity index (χ0n) is 27.1. The minimum Gasteiger partial charge on any atom is -0.372 e. The predicted octanol–water partition coefficient (Wildman–Crippen LogP) is 7.80. The topological polar surface area (TPSA) is 100.0 Å². The zero-order valence-corrected chi connectivity index (χ0v) is 27.1. The van der Waals surface area contributed by atoms with Crippen molar-refractivity contribution in [2.75, 3.05) is 14.2 Å². The number of tetrazole rings is 1. The van der Waals surface area contributed by atoms with E-state index in [0.29, 0.717) is 25.6 Å². The van der Waals surface area contributed by atoms with Crippen molar-refractivity contribution in [3.8, 4) is 33.9 Å². The first-order valence-corrected chi connectivity index (χ1v) is 15.9. The molecule has 0 unspecified atom stereocenters. The van der Waals surface area contributed by atoms with Gasteiger partial charge >= 0.3 is 0 Å². The number of rotatable bonds is 15. The van der Waals surface area contributed by atoms with Crippen molar-refractivity contribution in [3.63, 3.8) is 0 Å². The minimum absolute atomic E-state index is 0.425. The van der Waals surface area contributed by atoms with Gasteiger partial charge < -0.3 is 18.8 Å². The lowest BCUT2D eigenvalue weighted by molar-refractivity contribution is -0.106. The summed E-state index contributed by atoms with van der Waals surface area (Å²) in [6, 6.07) is 31.4. The Labute approximate surface area is 275 Å². The van der Waals surface area contributed by atoms with E-state index < -0.39 is 6.29 Å². The highest BCUT2D eigenvalue weighted by molar-refractivity contribution is 5.80. The van der Waals surface area contributed by atoms with Gasteiger partial charge in [-0.2, -0.15) is 0 Å². The van der Waals surface area contributed by atoms with Crippen LogP contribution >= 0.6 is 0 Å². The highest BCUT2D eigenvalue weighted by Gasteiger charge is 2.24. The second-order valence-electron chi connectivity index (χ2n) is 11.5. The second-order valence-corrected chi connectivity index (χ2v) is 11.5.